The van der Waals surface area contributed by atoms with Crippen molar-refractivity contribution in [3.63, 3.8) is 0 Å². The first-order chi connectivity index (χ1) is 8.86. The normalized spacial score (nSPS) is 13.4. The van der Waals surface area contributed by atoms with E-state index in [1.54, 1.807) is 11.3 Å². The van der Waals surface area contributed by atoms with Crippen LogP contribution in [-0.2, 0) is 12.8 Å². The zero-order valence-electron chi connectivity index (χ0n) is 9.86. The Labute approximate surface area is 115 Å². The van der Waals surface area contributed by atoms with Crippen LogP contribution in [0.25, 0.3) is 10.6 Å². The van der Waals surface area contributed by atoms with Gasteiger partial charge in [-0.3, -0.25) is 0 Å². The number of rotatable bonds is 4. The largest absolute Gasteiger partial charge is 0.493 e. The van der Waals surface area contributed by atoms with Gasteiger partial charge in [-0.1, -0.05) is 11.3 Å². The molecule has 2 aromatic rings. The second kappa shape index (κ2) is 5.24. The van der Waals surface area contributed by atoms with Gasteiger partial charge in [0.15, 0.2) is 0 Å². The summed E-state index contributed by atoms with van der Waals surface area (Å²) in [6, 6.07) is 6.24. The first kappa shape index (κ1) is 11.9. The van der Waals surface area contributed by atoms with Gasteiger partial charge >= 0.3 is 0 Å². The van der Waals surface area contributed by atoms with Crippen LogP contribution in [0.4, 0.5) is 0 Å². The molecule has 3 rings (SSSR count). The molecule has 2 heterocycles. The summed E-state index contributed by atoms with van der Waals surface area (Å²) in [5.74, 6) is 1.68. The van der Waals surface area contributed by atoms with E-state index in [2.05, 4.69) is 22.3 Å². The monoisotopic (exact) mass is 280 g/mol. The van der Waals surface area contributed by atoms with Gasteiger partial charge in [0, 0.05) is 24.3 Å². The molecule has 3 nitrogen and oxygen atoms in total. The van der Waals surface area contributed by atoms with Gasteiger partial charge in [-0.05, 0) is 30.2 Å². The molecule has 0 N–H and O–H groups in total. The Kier molecular flexibility index (Phi) is 3.48. The van der Waals surface area contributed by atoms with Crippen molar-refractivity contribution in [1.82, 2.24) is 10.2 Å². The molecule has 94 valence electrons. The fourth-order valence-electron chi connectivity index (χ4n) is 2.01. The summed E-state index contributed by atoms with van der Waals surface area (Å²) < 4.78 is 5.50. The van der Waals surface area contributed by atoms with Gasteiger partial charge in [-0.25, -0.2) is 0 Å². The third-order valence-electron chi connectivity index (χ3n) is 2.93. The fourth-order valence-corrected chi connectivity index (χ4v) is 3.02. The van der Waals surface area contributed by atoms with Crippen molar-refractivity contribution in [2.45, 2.75) is 19.3 Å². The zero-order valence-corrected chi connectivity index (χ0v) is 11.4. The van der Waals surface area contributed by atoms with Crippen LogP contribution in [-0.4, -0.2) is 22.7 Å². The second-order valence-electron chi connectivity index (χ2n) is 4.21. The maximum Gasteiger partial charge on any atom is 0.147 e. The lowest BCUT2D eigenvalue weighted by Gasteiger charge is -2.00. The summed E-state index contributed by atoms with van der Waals surface area (Å²) in [5, 5.41) is 10.5. The van der Waals surface area contributed by atoms with Crippen molar-refractivity contribution in [2.24, 2.45) is 0 Å². The van der Waals surface area contributed by atoms with Gasteiger partial charge in [0.2, 0.25) is 0 Å². The molecule has 0 atom stereocenters. The zero-order chi connectivity index (χ0) is 12.4. The maximum absolute atomic E-state index is 5.68. The van der Waals surface area contributed by atoms with Crippen LogP contribution in [0.1, 0.15) is 17.0 Å². The number of halogens is 1. The van der Waals surface area contributed by atoms with Gasteiger partial charge in [0.1, 0.15) is 15.8 Å². The molecule has 0 spiro atoms. The molecule has 1 aliphatic heterocycles. The molecule has 1 aliphatic rings. The quantitative estimate of drug-likeness (QED) is 0.806. The molecule has 0 radical (unpaired) electrons. The molecule has 1 aromatic carbocycles. The summed E-state index contributed by atoms with van der Waals surface area (Å²) in [4.78, 5) is 0. The van der Waals surface area contributed by atoms with Crippen LogP contribution in [0.15, 0.2) is 18.2 Å². The van der Waals surface area contributed by atoms with Gasteiger partial charge in [-0.2, -0.15) is 0 Å². The first-order valence-electron chi connectivity index (χ1n) is 6.01. The molecule has 0 saturated heterocycles. The van der Waals surface area contributed by atoms with E-state index in [0.717, 1.165) is 47.2 Å². The number of nitrogens with zero attached hydrogens (tertiary/aromatic N) is 2. The molecule has 1 aromatic heterocycles. The average molecular weight is 281 g/mol. The molecule has 0 aliphatic carbocycles. The van der Waals surface area contributed by atoms with Crippen LogP contribution in [0, 0.1) is 0 Å². The van der Waals surface area contributed by atoms with E-state index in [0.29, 0.717) is 5.88 Å². The van der Waals surface area contributed by atoms with Crippen LogP contribution in [0.5, 0.6) is 5.75 Å². The summed E-state index contributed by atoms with van der Waals surface area (Å²) >= 11 is 7.33. The molecule has 18 heavy (non-hydrogen) atoms. The highest BCUT2D eigenvalue weighted by atomic mass is 35.5. The molecule has 0 amide bonds. The number of hydrogen-bond donors (Lipinski definition) is 0. The Hall–Kier alpha value is -1.13. The van der Waals surface area contributed by atoms with Crippen LogP contribution < -0.4 is 4.74 Å². The van der Waals surface area contributed by atoms with E-state index in [4.69, 9.17) is 16.3 Å². The molecule has 5 heteroatoms. The number of alkyl halides is 1. The molecule has 0 unspecified atom stereocenters. The predicted molar refractivity (Wildman–Crippen MR) is 73.6 cm³/mol. The minimum Gasteiger partial charge on any atom is -0.493 e. The highest BCUT2D eigenvalue weighted by Crippen LogP contribution is 2.31. The fraction of sp³-hybridized carbons (Fsp3) is 0.385. The number of hydrogen-bond acceptors (Lipinski definition) is 4. The Morgan fingerprint density at radius 1 is 1.33 bits per heavy atom. The van der Waals surface area contributed by atoms with Crippen LogP contribution in [0.2, 0.25) is 0 Å². The Morgan fingerprint density at radius 2 is 2.28 bits per heavy atom. The number of ether oxygens (including phenoxy) is 1. The summed E-state index contributed by atoms with van der Waals surface area (Å²) in [5.41, 5.74) is 2.40. The van der Waals surface area contributed by atoms with E-state index in [-0.39, 0.29) is 0 Å². The Morgan fingerprint density at radius 3 is 3.17 bits per heavy atom. The maximum atomic E-state index is 5.68. The molecule has 0 bridgehead atoms. The predicted octanol–water partition coefficient (Wildman–Crippen LogP) is 3.31. The van der Waals surface area contributed by atoms with Crippen molar-refractivity contribution in [1.29, 1.82) is 0 Å². The van der Waals surface area contributed by atoms with Crippen molar-refractivity contribution < 1.29 is 4.74 Å². The number of aromatic nitrogens is 2. The Bertz CT molecular complexity index is 556. The van der Waals surface area contributed by atoms with Gasteiger partial charge in [-0.15, -0.1) is 21.8 Å². The minimum absolute atomic E-state index is 0.672. The van der Waals surface area contributed by atoms with Gasteiger partial charge in [0.25, 0.3) is 0 Å². The van der Waals surface area contributed by atoms with Crippen molar-refractivity contribution in [3.05, 3.63) is 28.8 Å². The summed E-state index contributed by atoms with van der Waals surface area (Å²) in [6.45, 7) is 0.788. The van der Waals surface area contributed by atoms with E-state index in [1.807, 2.05) is 6.07 Å². The smallest absolute Gasteiger partial charge is 0.147 e. The third kappa shape index (κ3) is 2.35. The number of fused-ring (bicyclic) bond motifs is 1. The topological polar surface area (TPSA) is 35.0 Å². The van der Waals surface area contributed by atoms with E-state index >= 15 is 0 Å². The van der Waals surface area contributed by atoms with Crippen molar-refractivity contribution in [2.75, 3.05) is 12.5 Å². The highest BCUT2D eigenvalue weighted by Gasteiger charge is 2.14. The lowest BCUT2D eigenvalue weighted by Crippen LogP contribution is -1.85. The highest BCUT2D eigenvalue weighted by molar-refractivity contribution is 7.14. The van der Waals surface area contributed by atoms with Crippen molar-refractivity contribution in [3.8, 4) is 16.3 Å². The first-order valence-corrected chi connectivity index (χ1v) is 7.36. The summed E-state index contributed by atoms with van der Waals surface area (Å²) in [7, 11) is 0. The van der Waals surface area contributed by atoms with Crippen molar-refractivity contribution >= 4 is 22.9 Å². The van der Waals surface area contributed by atoms with E-state index in [1.165, 1.54) is 5.56 Å². The lowest BCUT2D eigenvalue weighted by molar-refractivity contribution is 0.357. The molecule has 0 saturated carbocycles. The second-order valence-corrected chi connectivity index (χ2v) is 5.65. The average Bonchev–Trinajstić information content (AvgIpc) is 3.04. The van der Waals surface area contributed by atoms with Gasteiger partial charge < -0.3 is 4.74 Å². The van der Waals surface area contributed by atoms with E-state index in [9.17, 15) is 0 Å². The minimum atomic E-state index is 0.672. The molecular weight excluding hydrogens is 268 g/mol. The third-order valence-corrected chi connectivity index (χ3v) is 4.23. The standard InChI is InChI=1S/C13H13ClN2OS/c14-6-1-2-12-15-16-13(18-12)10-3-4-11-9(8-10)5-7-17-11/h3-4,8H,1-2,5-7H2. The number of aryl methyl sites for hydroxylation is 1. The van der Waals surface area contributed by atoms with Crippen LogP contribution in [0.3, 0.4) is 0 Å². The lowest BCUT2D eigenvalue weighted by atomic mass is 10.1. The molecular formula is C13H13ClN2OS. The summed E-state index contributed by atoms with van der Waals surface area (Å²) in [6.07, 6.45) is 2.85. The SMILES string of the molecule is ClCCCc1nnc(-c2ccc3c(c2)CCO3)s1. The Balaban J connectivity index is 1.83. The number of benzene rings is 1. The van der Waals surface area contributed by atoms with Crippen LogP contribution >= 0.6 is 22.9 Å². The van der Waals surface area contributed by atoms with Gasteiger partial charge in [0.05, 0.1) is 6.61 Å². The molecule has 0 fully saturated rings. The van der Waals surface area contributed by atoms with E-state index < -0.39 is 0 Å².